The predicted molar refractivity (Wildman–Crippen MR) is 112 cm³/mol. The first-order chi connectivity index (χ1) is 14.5. The fourth-order valence-electron chi connectivity index (χ4n) is 2.76. The van der Waals surface area contributed by atoms with E-state index in [2.05, 4.69) is 11.2 Å². The number of imide groups is 2. The van der Waals surface area contributed by atoms with Gasteiger partial charge in [-0.1, -0.05) is 25.0 Å². The third-order valence-electron chi connectivity index (χ3n) is 4.18. The number of nitrogens with zero attached hydrogens (tertiary/aromatic N) is 1. The van der Waals surface area contributed by atoms with Crippen molar-refractivity contribution in [2.24, 2.45) is 0 Å². The fraction of sp³-hybridized carbons (Fsp3) is 0.174. The largest absolute Gasteiger partial charge is 0.494 e. The first kappa shape index (κ1) is 20.7. The number of urea groups is 1. The summed E-state index contributed by atoms with van der Waals surface area (Å²) in [7, 11) is 0. The molecule has 0 saturated carbocycles. The normalized spacial score (nSPS) is 15.0. The quantitative estimate of drug-likeness (QED) is 0.435. The van der Waals surface area contributed by atoms with Gasteiger partial charge in [0.2, 0.25) is 0 Å². The minimum Gasteiger partial charge on any atom is -0.494 e. The average molecular weight is 404 g/mol. The Morgan fingerprint density at radius 3 is 2.27 bits per heavy atom. The van der Waals surface area contributed by atoms with Crippen LogP contribution in [0.1, 0.15) is 18.9 Å². The minimum atomic E-state index is -0.803. The van der Waals surface area contributed by atoms with Gasteiger partial charge in [0.25, 0.3) is 11.8 Å². The topological polar surface area (TPSA) is 84.9 Å². The van der Waals surface area contributed by atoms with Crippen molar-refractivity contribution in [3.63, 3.8) is 0 Å². The van der Waals surface area contributed by atoms with Gasteiger partial charge in [0.15, 0.2) is 0 Å². The van der Waals surface area contributed by atoms with E-state index in [0.29, 0.717) is 29.4 Å². The fourth-order valence-corrected chi connectivity index (χ4v) is 2.76. The molecule has 0 unspecified atom stereocenters. The van der Waals surface area contributed by atoms with E-state index < -0.39 is 17.8 Å². The molecule has 0 aromatic heterocycles. The molecule has 1 aliphatic rings. The maximum Gasteiger partial charge on any atom is 0.335 e. The number of ether oxygens (including phenoxy) is 2. The molecule has 0 radical (unpaired) electrons. The molecule has 1 fully saturated rings. The maximum atomic E-state index is 12.9. The highest BCUT2D eigenvalue weighted by Crippen LogP contribution is 2.25. The Kier molecular flexibility index (Phi) is 6.50. The van der Waals surface area contributed by atoms with Crippen LogP contribution < -0.4 is 19.7 Å². The lowest BCUT2D eigenvalue weighted by Gasteiger charge is -2.26. The summed E-state index contributed by atoms with van der Waals surface area (Å²) in [6.45, 7) is 2.70. The SMILES string of the molecule is C#CCOc1ccc(/C=C2/C(=O)NC(=O)N(c3ccc(OCCC)cc3)C2=O)cc1. The van der Waals surface area contributed by atoms with Crippen LogP contribution in [-0.4, -0.2) is 31.1 Å². The number of hydrogen-bond donors (Lipinski definition) is 1. The zero-order chi connectivity index (χ0) is 21.5. The first-order valence-electron chi connectivity index (χ1n) is 9.34. The Bertz CT molecular complexity index is 1020. The van der Waals surface area contributed by atoms with Crippen molar-refractivity contribution in [2.75, 3.05) is 18.1 Å². The monoisotopic (exact) mass is 404 g/mol. The molecule has 0 aliphatic carbocycles. The highest BCUT2D eigenvalue weighted by Gasteiger charge is 2.36. The molecule has 4 amide bonds. The number of nitrogens with one attached hydrogen (secondary N) is 1. The number of amides is 4. The molecule has 0 atom stereocenters. The highest BCUT2D eigenvalue weighted by molar-refractivity contribution is 6.39. The molecule has 2 aromatic carbocycles. The van der Waals surface area contributed by atoms with Crippen LogP contribution in [0.5, 0.6) is 11.5 Å². The maximum absolute atomic E-state index is 12.9. The van der Waals surface area contributed by atoms with Crippen molar-refractivity contribution in [1.82, 2.24) is 5.32 Å². The summed E-state index contributed by atoms with van der Waals surface area (Å²) in [5, 5.41) is 2.20. The van der Waals surface area contributed by atoms with Gasteiger partial charge in [0.05, 0.1) is 12.3 Å². The van der Waals surface area contributed by atoms with Gasteiger partial charge in [0, 0.05) is 0 Å². The van der Waals surface area contributed by atoms with Gasteiger partial charge in [-0.15, -0.1) is 6.42 Å². The number of carbonyl (C=O) groups is 3. The number of anilines is 1. The average Bonchev–Trinajstić information content (AvgIpc) is 2.75. The predicted octanol–water partition coefficient (Wildman–Crippen LogP) is 3.15. The van der Waals surface area contributed by atoms with Crippen molar-refractivity contribution in [2.45, 2.75) is 13.3 Å². The third-order valence-corrected chi connectivity index (χ3v) is 4.18. The Hall–Kier alpha value is -4.05. The summed E-state index contributed by atoms with van der Waals surface area (Å²) in [4.78, 5) is 38.4. The van der Waals surface area contributed by atoms with Gasteiger partial charge in [-0.3, -0.25) is 14.9 Å². The van der Waals surface area contributed by atoms with Crippen molar-refractivity contribution >= 4 is 29.6 Å². The lowest BCUT2D eigenvalue weighted by atomic mass is 10.1. The van der Waals surface area contributed by atoms with Gasteiger partial charge in [0.1, 0.15) is 23.7 Å². The van der Waals surface area contributed by atoms with Gasteiger partial charge >= 0.3 is 6.03 Å². The molecule has 7 nitrogen and oxygen atoms in total. The van der Waals surface area contributed by atoms with E-state index in [1.54, 1.807) is 48.5 Å². The van der Waals surface area contributed by atoms with E-state index in [1.165, 1.54) is 6.08 Å². The van der Waals surface area contributed by atoms with Crippen molar-refractivity contribution in [3.8, 4) is 23.8 Å². The molecule has 30 heavy (non-hydrogen) atoms. The van der Waals surface area contributed by atoms with Gasteiger partial charge < -0.3 is 9.47 Å². The van der Waals surface area contributed by atoms with Crippen LogP contribution in [0, 0.1) is 12.3 Å². The van der Waals surface area contributed by atoms with Gasteiger partial charge in [-0.2, -0.15) is 0 Å². The van der Waals surface area contributed by atoms with E-state index in [4.69, 9.17) is 15.9 Å². The third kappa shape index (κ3) is 4.67. The lowest BCUT2D eigenvalue weighted by molar-refractivity contribution is -0.122. The molecular weight excluding hydrogens is 384 g/mol. The summed E-state index contributed by atoms with van der Waals surface area (Å²) in [6.07, 6.45) is 7.44. The van der Waals surface area contributed by atoms with Crippen LogP contribution in [0.2, 0.25) is 0 Å². The van der Waals surface area contributed by atoms with E-state index in [0.717, 1.165) is 11.3 Å². The number of carbonyl (C=O) groups excluding carboxylic acids is 3. The van der Waals surface area contributed by atoms with E-state index in [-0.39, 0.29) is 12.2 Å². The summed E-state index contributed by atoms with van der Waals surface area (Å²) in [5.41, 5.74) is 0.773. The smallest absolute Gasteiger partial charge is 0.335 e. The highest BCUT2D eigenvalue weighted by atomic mass is 16.5. The molecule has 0 spiro atoms. The summed E-state index contributed by atoms with van der Waals surface area (Å²) in [5.74, 6) is 2.10. The van der Waals surface area contributed by atoms with Crippen LogP contribution in [-0.2, 0) is 9.59 Å². The molecule has 3 rings (SSSR count). The van der Waals surface area contributed by atoms with Crippen molar-refractivity contribution < 1.29 is 23.9 Å². The lowest BCUT2D eigenvalue weighted by Crippen LogP contribution is -2.54. The summed E-state index contributed by atoms with van der Waals surface area (Å²) < 4.78 is 10.8. The second-order valence-electron chi connectivity index (χ2n) is 6.36. The molecule has 1 N–H and O–H groups in total. The molecule has 1 aliphatic heterocycles. The van der Waals surface area contributed by atoms with Gasteiger partial charge in [-0.05, 0) is 54.5 Å². The Balaban J connectivity index is 1.83. The van der Waals surface area contributed by atoms with Crippen molar-refractivity contribution in [1.29, 1.82) is 0 Å². The summed E-state index contributed by atoms with van der Waals surface area (Å²) in [6, 6.07) is 12.4. The number of barbiturate groups is 1. The van der Waals surface area contributed by atoms with Crippen LogP contribution in [0.4, 0.5) is 10.5 Å². The van der Waals surface area contributed by atoms with Crippen LogP contribution in [0.25, 0.3) is 6.08 Å². The number of hydrogen-bond acceptors (Lipinski definition) is 5. The minimum absolute atomic E-state index is 0.140. The molecule has 152 valence electrons. The molecule has 2 aromatic rings. The molecule has 1 heterocycles. The zero-order valence-electron chi connectivity index (χ0n) is 16.4. The molecule has 0 bridgehead atoms. The number of terminal acetylenes is 1. The Labute approximate surface area is 174 Å². The van der Waals surface area contributed by atoms with E-state index in [9.17, 15) is 14.4 Å². The summed E-state index contributed by atoms with van der Waals surface area (Å²) >= 11 is 0. The van der Waals surface area contributed by atoms with Gasteiger partial charge in [-0.25, -0.2) is 9.69 Å². The number of rotatable bonds is 7. The van der Waals surface area contributed by atoms with Crippen molar-refractivity contribution in [3.05, 3.63) is 59.7 Å². The Morgan fingerprint density at radius 1 is 1.00 bits per heavy atom. The van der Waals surface area contributed by atoms with Crippen LogP contribution >= 0.6 is 0 Å². The van der Waals surface area contributed by atoms with E-state index in [1.807, 2.05) is 6.92 Å². The van der Waals surface area contributed by atoms with Crippen LogP contribution in [0.15, 0.2) is 54.1 Å². The molecular formula is C23H20N2O5. The second kappa shape index (κ2) is 9.43. The first-order valence-corrected chi connectivity index (χ1v) is 9.34. The van der Waals surface area contributed by atoms with Crippen LogP contribution in [0.3, 0.4) is 0 Å². The zero-order valence-corrected chi connectivity index (χ0v) is 16.4. The Morgan fingerprint density at radius 2 is 1.63 bits per heavy atom. The molecule has 7 heteroatoms. The number of benzene rings is 2. The standard InChI is InChI=1S/C23H20N2O5/c1-3-13-29-18-9-5-16(6-10-18)15-20-21(26)24-23(28)25(22(20)27)17-7-11-19(12-8-17)30-14-4-2/h1,5-12,15H,4,13-14H2,2H3,(H,24,26,28)/b20-15-. The second-order valence-corrected chi connectivity index (χ2v) is 6.36. The molecule has 1 saturated heterocycles. The van der Waals surface area contributed by atoms with E-state index >= 15 is 0 Å².